The highest BCUT2D eigenvalue weighted by atomic mass is 32.2. The number of nitro groups is 1. The molecular weight excluding hydrogens is 408 g/mol. The van der Waals surface area contributed by atoms with Crippen LogP contribution in [0.4, 0.5) is 5.69 Å². The van der Waals surface area contributed by atoms with Crippen LogP contribution in [0.25, 0.3) is 22.7 Å². The van der Waals surface area contributed by atoms with Crippen LogP contribution in [0.2, 0.25) is 0 Å². The molecule has 0 atom stereocenters. The summed E-state index contributed by atoms with van der Waals surface area (Å²) in [6.07, 6.45) is 1.58. The summed E-state index contributed by atoms with van der Waals surface area (Å²) >= 11 is 2.57. The van der Waals surface area contributed by atoms with Gasteiger partial charge in [-0.15, -0.1) is 10.2 Å². The molecule has 2 aromatic carbocycles. The summed E-state index contributed by atoms with van der Waals surface area (Å²) in [4.78, 5) is 19.1. The van der Waals surface area contributed by atoms with Crippen LogP contribution in [-0.4, -0.2) is 25.1 Å². The number of hydrogen-bond acceptors (Lipinski definition) is 8. The Kier molecular flexibility index (Phi) is 5.07. The Hall–Kier alpha value is -3.55. The third kappa shape index (κ3) is 4.01. The second-order valence-electron chi connectivity index (χ2n) is 5.95. The van der Waals surface area contributed by atoms with Gasteiger partial charge in [0.25, 0.3) is 5.69 Å². The van der Waals surface area contributed by atoms with Gasteiger partial charge >= 0.3 is 0 Å². The number of nitrogens with zero attached hydrogens (tertiary/aromatic N) is 5. The first-order valence-electron chi connectivity index (χ1n) is 8.37. The first kappa shape index (κ1) is 18.8. The van der Waals surface area contributed by atoms with E-state index in [1.165, 1.54) is 29.2 Å². The number of aromatic amines is 1. The Labute approximate surface area is 173 Å². The Morgan fingerprint density at radius 2 is 2.14 bits per heavy atom. The summed E-state index contributed by atoms with van der Waals surface area (Å²) in [6, 6.07) is 14.4. The van der Waals surface area contributed by atoms with Gasteiger partial charge in [-0.1, -0.05) is 41.3 Å². The second kappa shape index (κ2) is 7.83. The fraction of sp³-hybridized carbons (Fsp3) is 0.0526. The first-order chi connectivity index (χ1) is 14.0. The topological polar surface area (TPSA) is 121 Å². The number of nitriles is 1. The zero-order chi connectivity index (χ0) is 20.4. The number of nitro benzene ring substituents is 1. The van der Waals surface area contributed by atoms with Crippen molar-refractivity contribution in [2.75, 3.05) is 0 Å². The zero-order valence-electron chi connectivity index (χ0n) is 15.0. The monoisotopic (exact) mass is 420 g/mol. The third-order valence-corrected chi connectivity index (χ3v) is 5.92. The van der Waals surface area contributed by atoms with Crippen molar-refractivity contribution >= 4 is 51.5 Å². The van der Waals surface area contributed by atoms with Gasteiger partial charge in [-0.3, -0.25) is 10.1 Å². The molecule has 0 spiro atoms. The molecule has 0 fully saturated rings. The molecule has 0 saturated carbocycles. The fourth-order valence-corrected chi connectivity index (χ4v) is 4.53. The van der Waals surface area contributed by atoms with E-state index in [0.717, 1.165) is 16.0 Å². The number of fused-ring (bicyclic) bond motifs is 1. The molecule has 0 aliphatic rings. The van der Waals surface area contributed by atoms with Crippen molar-refractivity contribution in [2.45, 2.75) is 16.2 Å². The summed E-state index contributed by atoms with van der Waals surface area (Å²) in [6.45, 7) is 1.82. The van der Waals surface area contributed by atoms with E-state index in [9.17, 15) is 15.4 Å². The van der Waals surface area contributed by atoms with E-state index in [1.807, 2.05) is 31.2 Å². The first-order valence-corrected chi connectivity index (χ1v) is 10.00. The van der Waals surface area contributed by atoms with Crippen molar-refractivity contribution < 1.29 is 4.92 Å². The summed E-state index contributed by atoms with van der Waals surface area (Å²) in [5.74, 6) is 0.416. The number of hydrogen-bond donors (Lipinski definition) is 1. The van der Waals surface area contributed by atoms with E-state index in [0.29, 0.717) is 20.6 Å². The van der Waals surface area contributed by atoms with Gasteiger partial charge in [0.05, 0.1) is 26.4 Å². The van der Waals surface area contributed by atoms with Crippen LogP contribution in [0.5, 0.6) is 0 Å². The number of benzene rings is 2. The largest absolute Gasteiger partial charge is 0.337 e. The van der Waals surface area contributed by atoms with Gasteiger partial charge < -0.3 is 4.98 Å². The number of allylic oxidation sites excluding steroid dienone is 1. The fourth-order valence-electron chi connectivity index (χ4n) is 2.67. The lowest BCUT2D eigenvalue weighted by atomic mass is 10.1. The molecule has 1 N–H and O–H groups in total. The molecule has 2 aromatic heterocycles. The van der Waals surface area contributed by atoms with Crippen molar-refractivity contribution in [3.05, 3.63) is 69.0 Å². The van der Waals surface area contributed by atoms with Crippen molar-refractivity contribution in [3.63, 3.8) is 0 Å². The molecule has 2 heterocycles. The molecule has 0 unspecified atom stereocenters. The van der Waals surface area contributed by atoms with Crippen LogP contribution in [0.15, 0.2) is 51.7 Å². The Bertz CT molecular complexity index is 1270. The molecule has 0 aliphatic heterocycles. The minimum Gasteiger partial charge on any atom is -0.337 e. The summed E-state index contributed by atoms with van der Waals surface area (Å²) in [7, 11) is 0. The van der Waals surface area contributed by atoms with Crippen molar-refractivity contribution in [1.29, 1.82) is 5.26 Å². The number of imidazole rings is 1. The van der Waals surface area contributed by atoms with Crippen LogP contribution >= 0.6 is 23.1 Å². The molecule has 29 heavy (non-hydrogen) atoms. The highest BCUT2D eigenvalue weighted by molar-refractivity contribution is 8.01. The maximum Gasteiger partial charge on any atom is 0.283 e. The SMILES string of the molecule is Cc1nnc(Sc2ccc(/C=C(\C#N)c3nc4ccccc4[nH]3)cc2[N+](=O)[O-])s1. The number of aryl methyl sites for hydroxylation is 1. The second-order valence-corrected chi connectivity index (χ2v) is 8.42. The van der Waals surface area contributed by atoms with Gasteiger partial charge in [-0.05, 0) is 36.8 Å². The average Bonchev–Trinajstić information content (AvgIpc) is 3.32. The van der Waals surface area contributed by atoms with Crippen molar-refractivity contribution in [2.24, 2.45) is 0 Å². The molecule has 0 saturated heterocycles. The van der Waals surface area contributed by atoms with Gasteiger partial charge in [0, 0.05) is 6.07 Å². The summed E-state index contributed by atoms with van der Waals surface area (Å²) < 4.78 is 0.633. The van der Waals surface area contributed by atoms with Gasteiger partial charge in [-0.2, -0.15) is 5.26 Å². The maximum atomic E-state index is 11.6. The van der Waals surface area contributed by atoms with Gasteiger partial charge in [-0.25, -0.2) is 4.98 Å². The molecule has 4 rings (SSSR count). The number of rotatable bonds is 5. The molecule has 0 amide bonds. The molecule has 142 valence electrons. The van der Waals surface area contributed by atoms with Gasteiger partial charge in [0.15, 0.2) is 4.34 Å². The Balaban J connectivity index is 1.70. The van der Waals surface area contributed by atoms with E-state index in [-0.39, 0.29) is 11.3 Å². The highest BCUT2D eigenvalue weighted by Crippen LogP contribution is 2.37. The van der Waals surface area contributed by atoms with Crippen LogP contribution in [0, 0.1) is 28.4 Å². The lowest BCUT2D eigenvalue weighted by Gasteiger charge is -2.02. The Morgan fingerprint density at radius 3 is 2.83 bits per heavy atom. The zero-order valence-corrected chi connectivity index (χ0v) is 16.6. The quantitative estimate of drug-likeness (QED) is 0.278. The molecule has 0 radical (unpaired) electrons. The van der Waals surface area contributed by atoms with Crippen molar-refractivity contribution in [1.82, 2.24) is 20.2 Å². The molecule has 8 nitrogen and oxygen atoms in total. The van der Waals surface area contributed by atoms with E-state index < -0.39 is 4.92 Å². The van der Waals surface area contributed by atoms with Crippen molar-refractivity contribution in [3.8, 4) is 6.07 Å². The molecule has 0 bridgehead atoms. The number of nitrogens with one attached hydrogen (secondary N) is 1. The maximum absolute atomic E-state index is 11.6. The average molecular weight is 420 g/mol. The highest BCUT2D eigenvalue weighted by Gasteiger charge is 2.18. The van der Waals surface area contributed by atoms with Crippen LogP contribution in [-0.2, 0) is 0 Å². The van der Waals surface area contributed by atoms with E-state index >= 15 is 0 Å². The predicted molar refractivity (Wildman–Crippen MR) is 111 cm³/mol. The van der Waals surface area contributed by atoms with E-state index in [1.54, 1.807) is 18.2 Å². The normalized spacial score (nSPS) is 11.5. The number of para-hydroxylation sites is 2. The molecule has 10 heteroatoms. The number of aromatic nitrogens is 4. The minimum absolute atomic E-state index is 0.0569. The predicted octanol–water partition coefficient (Wildman–Crippen LogP) is 4.85. The lowest BCUT2D eigenvalue weighted by Crippen LogP contribution is -1.92. The molecular formula is C19H12N6O2S2. The van der Waals surface area contributed by atoms with Crippen LogP contribution in [0.1, 0.15) is 16.4 Å². The van der Waals surface area contributed by atoms with Gasteiger partial charge in [0.1, 0.15) is 16.9 Å². The minimum atomic E-state index is -0.444. The third-order valence-electron chi connectivity index (χ3n) is 3.96. The van der Waals surface area contributed by atoms with E-state index in [4.69, 9.17) is 0 Å². The standard InChI is InChI=1S/C19H12N6O2S2/c1-11-23-24-19(28-11)29-17-7-6-12(9-16(17)25(26)27)8-13(10-20)18-21-14-4-2-3-5-15(14)22-18/h2-9H,1H3,(H,21,22)/b13-8+. The number of H-pyrrole nitrogens is 1. The van der Waals surface area contributed by atoms with Crippen LogP contribution in [0.3, 0.4) is 0 Å². The smallest absolute Gasteiger partial charge is 0.283 e. The molecule has 4 aromatic rings. The van der Waals surface area contributed by atoms with E-state index in [2.05, 4.69) is 26.2 Å². The Morgan fingerprint density at radius 1 is 1.31 bits per heavy atom. The molecule has 0 aliphatic carbocycles. The summed E-state index contributed by atoms with van der Waals surface area (Å²) in [5.41, 5.74) is 2.32. The lowest BCUT2D eigenvalue weighted by molar-refractivity contribution is -0.387. The van der Waals surface area contributed by atoms with Crippen LogP contribution < -0.4 is 0 Å². The van der Waals surface area contributed by atoms with Gasteiger partial charge in [0.2, 0.25) is 0 Å². The summed E-state index contributed by atoms with van der Waals surface area (Å²) in [5, 5.41) is 29.9.